The summed E-state index contributed by atoms with van der Waals surface area (Å²) in [6, 6.07) is -0.904. The van der Waals surface area contributed by atoms with E-state index in [2.05, 4.69) is 43.5 Å². The van der Waals surface area contributed by atoms with E-state index >= 15 is 0 Å². The second-order valence-electron chi connectivity index (χ2n) is 26.6. The minimum Gasteiger partial charge on any atom is -0.756 e. The normalized spacial score (nSPS) is 13.8. The van der Waals surface area contributed by atoms with Crippen LogP contribution in [0.4, 0.5) is 0 Å². The standard InChI is InChI=1S/C74H145N2O6P/c1-6-8-10-12-14-16-18-20-22-24-26-28-30-31-32-33-34-35-36-37-38-39-40-41-42-43-44-45-46-48-50-52-54-56-58-60-62-64-66-68-74(78)75-72(71-82-83(79,80)81-70-69-76(3,4)5)73(77)67-65-63-61-59-57-55-53-51-49-47-29-27-25-23-21-19-17-15-13-11-9-7-2/h37-38,57,59,65,67,72-73,77H,6-36,39-56,58,60-64,66,68-71H2,1-5H3,(H-,75,78,79,80)/b38-37-,59-57+,67-65+. The van der Waals surface area contributed by atoms with Gasteiger partial charge in [0.25, 0.3) is 7.82 Å². The second kappa shape index (κ2) is 65.2. The SMILES string of the molecule is CCCCCCCCCCCCCCCCCC/C=C/CC/C=C/C(O)C(COP(=O)([O-])OCC[N+](C)(C)C)NC(=O)CCCCCCCCCCCCCCCCCCC/C=C\CCCCCCCCCCCCCCCCCCCC. The molecule has 0 radical (unpaired) electrons. The van der Waals surface area contributed by atoms with Crippen molar-refractivity contribution in [3.05, 3.63) is 36.5 Å². The first-order valence-corrected chi connectivity index (χ1v) is 38.3. The molecule has 0 aromatic rings. The molecule has 1 amide bonds. The molecule has 0 aromatic heterocycles. The first-order chi connectivity index (χ1) is 40.5. The number of hydrogen-bond acceptors (Lipinski definition) is 6. The number of rotatable bonds is 69. The van der Waals surface area contributed by atoms with Crippen LogP contribution in [0.25, 0.3) is 0 Å². The van der Waals surface area contributed by atoms with Gasteiger partial charge >= 0.3 is 0 Å². The van der Waals surface area contributed by atoms with E-state index in [-0.39, 0.29) is 19.1 Å². The largest absolute Gasteiger partial charge is 0.756 e. The number of aliphatic hydroxyl groups is 1. The van der Waals surface area contributed by atoms with Gasteiger partial charge < -0.3 is 28.8 Å². The highest BCUT2D eigenvalue weighted by Crippen LogP contribution is 2.38. The zero-order valence-corrected chi connectivity index (χ0v) is 57.3. The number of phosphoric ester groups is 1. The third-order valence-electron chi connectivity index (χ3n) is 17.1. The van der Waals surface area contributed by atoms with E-state index in [4.69, 9.17) is 9.05 Å². The summed E-state index contributed by atoms with van der Waals surface area (Å²) in [6.07, 6.45) is 87.3. The lowest BCUT2D eigenvalue weighted by Gasteiger charge is -2.29. The number of phosphoric acid groups is 1. The number of allylic oxidation sites excluding steroid dienone is 5. The molecule has 0 saturated heterocycles. The molecule has 492 valence electrons. The molecule has 0 saturated carbocycles. The van der Waals surface area contributed by atoms with Crippen molar-refractivity contribution in [3.8, 4) is 0 Å². The van der Waals surface area contributed by atoms with Crippen LogP contribution in [0.1, 0.15) is 380 Å². The van der Waals surface area contributed by atoms with E-state index in [0.717, 1.165) is 38.5 Å². The van der Waals surface area contributed by atoms with Gasteiger partial charge in [0.05, 0.1) is 39.9 Å². The van der Waals surface area contributed by atoms with Gasteiger partial charge in [0.15, 0.2) is 0 Å². The van der Waals surface area contributed by atoms with Gasteiger partial charge in [0.1, 0.15) is 13.2 Å². The molecule has 0 aliphatic rings. The highest BCUT2D eigenvalue weighted by Gasteiger charge is 2.23. The van der Waals surface area contributed by atoms with E-state index in [1.807, 2.05) is 27.2 Å². The van der Waals surface area contributed by atoms with Gasteiger partial charge in [-0.3, -0.25) is 9.36 Å². The molecule has 8 nitrogen and oxygen atoms in total. The number of carbonyl (C=O) groups excluding carboxylic acids is 1. The molecule has 2 N–H and O–H groups in total. The molecule has 0 bridgehead atoms. The number of unbranched alkanes of at least 4 members (excludes halogenated alkanes) is 52. The third kappa shape index (κ3) is 68.1. The summed E-state index contributed by atoms with van der Waals surface area (Å²) in [5.41, 5.74) is 0. The quantitative estimate of drug-likeness (QED) is 0.0272. The van der Waals surface area contributed by atoms with Crippen LogP contribution in [0.2, 0.25) is 0 Å². The van der Waals surface area contributed by atoms with E-state index in [1.54, 1.807) is 6.08 Å². The van der Waals surface area contributed by atoms with Crippen molar-refractivity contribution in [2.24, 2.45) is 0 Å². The van der Waals surface area contributed by atoms with Crippen molar-refractivity contribution in [1.82, 2.24) is 5.32 Å². The summed E-state index contributed by atoms with van der Waals surface area (Å²) in [7, 11) is 1.26. The highest BCUT2D eigenvalue weighted by atomic mass is 31.2. The monoisotopic (exact) mass is 1190 g/mol. The third-order valence-corrected chi connectivity index (χ3v) is 18.0. The Morgan fingerprint density at radius 1 is 0.410 bits per heavy atom. The molecular formula is C74H145N2O6P. The molecule has 0 aliphatic heterocycles. The van der Waals surface area contributed by atoms with Crippen LogP contribution in [0, 0.1) is 0 Å². The number of nitrogens with one attached hydrogen (secondary N) is 1. The fraction of sp³-hybridized carbons (Fsp3) is 0.905. The van der Waals surface area contributed by atoms with Gasteiger partial charge in [-0.2, -0.15) is 0 Å². The summed E-state index contributed by atoms with van der Waals surface area (Å²) in [5.74, 6) is -0.200. The van der Waals surface area contributed by atoms with Crippen LogP contribution in [0.3, 0.4) is 0 Å². The Bertz CT molecular complexity index is 1450. The van der Waals surface area contributed by atoms with Crippen LogP contribution in [-0.4, -0.2) is 68.5 Å². The molecule has 0 aliphatic carbocycles. The first-order valence-electron chi connectivity index (χ1n) is 36.9. The van der Waals surface area contributed by atoms with Crippen molar-refractivity contribution in [2.45, 2.75) is 392 Å². The first kappa shape index (κ1) is 81.7. The van der Waals surface area contributed by atoms with Gasteiger partial charge in [-0.05, 0) is 57.8 Å². The van der Waals surface area contributed by atoms with E-state index in [1.165, 1.54) is 321 Å². The molecule has 0 heterocycles. The average Bonchev–Trinajstić information content (AvgIpc) is 3.50. The smallest absolute Gasteiger partial charge is 0.268 e. The molecule has 3 atom stereocenters. The number of amides is 1. The van der Waals surface area contributed by atoms with Crippen LogP contribution >= 0.6 is 7.82 Å². The lowest BCUT2D eigenvalue weighted by Crippen LogP contribution is -2.45. The molecule has 0 rings (SSSR count). The minimum atomic E-state index is -4.61. The Hall–Kier alpha value is -1.28. The maximum absolute atomic E-state index is 13.0. The number of quaternary nitrogens is 1. The van der Waals surface area contributed by atoms with Crippen LogP contribution < -0.4 is 10.2 Å². The van der Waals surface area contributed by atoms with Gasteiger partial charge in [0.2, 0.25) is 5.91 Å². The second-order valence-corrected chi connectivity index (χ2v) is 28.1. The summed E-state index contributed by atoms with van der Waals surface area (Å²) in [5, 5.41) is 13.9. The minimum absolute atomic E-state index is 0.00466. The fourth-order valence-electron chi connectivity index (χ4n) is 11.3. The summed E-state index contributed by atoms with van der Waals surface area (Å²) >= 11 is 0. The lowest BCUT2D eigenvalue weighted by molar-refractivity contribution is -0.870. The zero-order valence-electron chi connectivity index (χ0n) is 56.4. The Morgan fingerprint density at radius 3 is 0.976 bits per heavy atom. The number of aliphatic hydroxyl groups excluding tert-OH is 1. The number of hydrogen-bond donors (Lipinski definition) is 2. The molecule has 3 unspecified atom stereocenters. The molecule has 0 aromatic carbocycles. The fourth-order valence-corrected chi connectivity index (χ4v) is 12.1. The highest BCUT2D eigenvalue weighted by molar-refractivity contribution is 7.45. The Kier molecular flexibility index (Phi) is 64.2. The summed E-state index contributed by atoms with van der Waals surface area (Å²) < 4.78 is 23.4. The number of likely N-dealkylation sites (N-methyl/N-ethyl adjacent to an activating group) is 1. The maximum atomic E-state index is 13.0. The summed E-state index contributed by atoms with van der Waals surface area (Å²) in [4.78, 5) is 25.6. The summed E-state index contributed by atoms with van der Waals surface area (Å²) in [6.45, 7) is 4.69. The van der Waals surface area contributed by atoms with Crippen molar-refractivity contribution in [3.63, 3.8) is 0 Å². The molecule has 83 heavy (non-hydrogen) atoms. The van der Waals surface area contributed by atoms with Crippen LogP contribution in [0.15, 0.2) is 36.5 Å². The van der Waals surface area contributed by atoms with Gasteiger partial charge in [0, 0.05) is 6.42 Å². The maximum Gasteiger partial charge on any atom is 0.268 e. The van der Waals surface area contributed by atoms with E-state index in [9.17, 15) is 19.4 Å². The molecule has 0 fully saturated rings. The van der Waals surface area contributed by atoms with Crippen molar-refractivity contribution >= 4 is 13.7 Å². The van der Waals surface area contributed by atoms with Gasteiger partial charge in [-0.1, -0.05) is 352 Å². The topological polar surface area (TPSA) is 108 Å². The van der Waals surface area contributed by atoms with E-state index < -0.39 is 20.0 Å². The van der Waals surface area contributed by atoms with Crippen LogP contribution in [-0.2, 0) is 18.4 Å². The predicted octanol–water partition coefficient (Wildman–Crippen LogP) is 23.0. The zero-order chi connectivity index (χ0) is 60.5. The Balaban J connectivity index is 3.96. The molecule has 0 spiro atoms. The van der Waals surface area contributed by atoms with Gasteiger partial charge in [-0.25, -0.2) is 0 Å². The molecule has 9 heteroatoms. The lowest BCUT2D eigenvalue weighted by atomic mass is 10.0. The molecular weight excluding hydrogens is 1040 g/mol. The van der Waals surface area contributed by atoms with Crippen molar-refractivity contribution < 1.29 is 32.9 Å². The van der Waals surface area contributed by atoms with E-state index in [0.29, 0.717) is 17.4 Å². The van der Waals surface area contributed by atoms with Gasteiger partial charge in [-0.15, -0.1) is 0 Å². The van der Waals surface area contributed by atoms with Crippen LogP contribution in [0.5, 0.6) is 0 Å². The van der Waals surface area contributed by atoms with Crippen molar-refractivity contribution in [1.29, 1.82) is 0 Å². The predicted molar refractivity (Wildman–Crippen MR) is 362 cm³/mol. The Morgan fingerprint density at radius 2 is 0.675 bits per heavy atom. The van der Waals surface area contributed by atoms with Crippen molar-refractivity contribution in [2.75, 3.05) is 40.9 Å². The number of nitrogens with zero attached hydrogens (tertiary/aromatic N) is 1. The Labute approximate surface area is 518 Å². The number of carbonyl (C=O) groups is 1. The average molecular weight is 1190 g/mol.